The highest BCUT2D eigenvalue weighted by molar-refractivity contribution is 6.30. The van der Waals surface area contributed by atoms with Gasteiger partial charge in [-0.2, -0.15) is 0 Å². The van der Waals surface area contributed by atoms with Crippen LogP contribution in [0.5, 0.6) is 5.75 Å². The largest absolute Gasteiger partial charge is 0.491 e. The lowest BCUT2D eigenvalue weighted by Gasteiger charge is -2.16. The number of carbonyl (C=O) groups is 1. The topological polar surface area (TPSA) is 38.3 Å². The molecular weight excluding hydrogens is 317 g/mol. The molecule has 0 heterocycles. The standard InChI is InChI=1S/C18H17ClFNO2/c1-2-23-16-8-7-14(11-15(16)20)21-17(22)18(9-10-18)12-3-5-13(19)6-4-12/h3-8,11H,2,9-10H2,1H3,(H,21,22). The summed E-state index contributed by atoms with van der Waals surface area (Å²) < 4.78 is 19.0. The van der Waals surface area contributed by atoms with Crippen LogP contribution in [0.3, 0.4) is 0 Å². The molecule has 5 heteroatoms. The maximum atomic E-state index is 13.9. The lowest BCUT2D eigenvalue weighted by Crippen LogP contribution is -2.27. The van der Waals surface area contributed by atoms with E-state index in [1.54, 1.807) is 25.1 Å². The molecule has 120 valence electrons. The Morgan fingerprint density at radius 3 is 2.52 bits per heavy atom. The molecule has 0 aliphatic heterocycles. The Bertz CT molecular complexity index is 726. The van der Waals surface area contributed by atoms with Crippen LogP contribution in [0.25, 0.3) is 0 Å². The van der Waals surface area contributed by atoms with Gasteiger partial charge in [0.15, 0.2) is 11.6 Å². The summed E-state index contributed by atoms with van der Waals surface area (Å²) in [6, 6.07) is 11.7. The predicted molar refractivity (Wildman–Crippen MR) is 88.6 cm³/mol. The van der Waals surface area contributed by atoms with Crippen molar-refractivity contribution in [1.82, 2.24) is 0 Å². The van der Waals surface area contributed by atoms with Crippen LogP contribution in [-0.4, -0.2) is 12.5 Å². The maximum Gasteiger partial charge on any atom is 0.235 e. The van der Waals surface area contributed by atoms with Crippen molar-refractivity contribution in [3.8, 4) is 5.75 Å². The fourth-order valence-electron chi connectivity index (χ4n) is 2.64. The maximum absolute atomic E-state index is 13.9. The molecular formula is C18H17ClFNO2. The Kier molecular flexibility index (Phi) is 4.26. The molecule has 0 saturated heterocycles. The number of anilines is 1. The second-order valence-corrected chi connectivity index (χ2v) is 6.06. The Morgan fingerprint density at radius 1 is 1.26 bits per heavy atom. The van der Waals surface area contributed by atoms with E-state index in [0.29, 0.717) is 17.3 Å². The van der Waals surface area contributed by atoms with E-state index in [-0.39, 0.29) is 11.7 Å². The number of amides is 1. The molecule has 23 heavy (non-hydrogen) atoms. The van der Waals surface area contributed by atoms with Gasteiger partial charge in [0.2, 0.25) is 5.91 Å². The molecule has 0 radical (unpaired) electrons. The second-order valence-electron chi connectivity index (χ2n) is 5.62. The highest BCUT2D eigenvalue weighted by atomic mass is 35.5. The van der Waals surface area contributed by atoms with Crippen molar-refractivity contribution in [1.29, 1.82) is 0 Å². The zero-order valence-electron chi connectivity index (χ0n) is 12.7. The first kappa shape index (κ1) is 15.8. The lowest BCUT2D eigenvalue weighted by atomic mass is 9.95. The van der Waals surface area contributed by atoms with Gasteiger partial charge in [0.05, 0.1) is 12.0 Å². The summed E-state index contributed by atoms with van der Waals surface area (Å²) in [5.41, 5.74) is 0.835. The molecule has 1 amide bonds. The quantitative estimate of drug-likeness (QED) is 0.871. The van der Waals surface area contributed by atoms with Crippen molar-refractivity contribution >= 4 is 23.2 Å². The number of hydrogen-bond acceptors (Lipinski definition) is 2. The Morgan fingerprint density at radius 2 is 1.96 bits per heavy atom. The fraction of sp³-hybridized carbons (Fsp3) is 0.278. The molecule has 1 aliphatic rings. The van der Waals surface area contributed by atoms with Crippen molar-refractivity contribution in [3.05, 3.63) is 58.9 Å². The van der Waals surface area contributed by atoms with E-state index in [1.165, 1.54) is 12.1 Å². The van der Waals surface area contributed by atoms with Gasteiger partial charge in [0.1, 0.15) is 0 Å². The van der Waals surface area contributed by atoms with Gasteiger partial charge < -0.3 is 10.1 Å². The molecule has 0 spiro atoms. The molecule has 0 unspecified atom stereocenters. The van der Waals surface area contributed by atoms with Gasteiger partial charge in [0, 0.05) is 16.8 Å². The number of benzene rings is 2. The van der Waals surface area contributed by atoms with Crippen LogP contribution in [0, 0.1) is 5.82 Å². The van der Waals surface area contributed by atoms with Crippen molar-refractivity contribution in [2.45, 2.75) is 25.2 Å². The van der Waals surface area contributed by atoms with Crippen molar-refractivity contribution in [3.63, 3.8) is 0 Å². The van der Waals surface area contributed by atoms with Gasteiger partial charge >= 0.3 is 0 Å². The van der Waals surface area contributed by atoms with Gasteiger partial charge in [-0.05, 0) is 49.6 Å². The predicted octanol–water partition coefficient (Wildman–Crippen LogP) is 4.55. The third-order valence-electron chi connectivity index (χ3n) is 4.07. The number of nitrogens with one attached hydrogen (secondary N) is 1. The summed E-state index contributed by atoms with van der Waals surface area (Å²) in [5.74, 6) is -0.422. The molecule has 0 atom stereocenters. The van der Waals surface area contributed by atoms with Gasteiger partial charge in [-0.3, -0.25) is 4.79 Å². The Labute approximate surface area is 139 Å². The third-order valence-corrected chi connectivity index (χ3v) is 4.32. The molecule has 3 rings (SSSR count). The zero-order chi connectivity index (χ0) is 16.4. The Balaban J connectivity index is 1.76. The monoisotopic (exact) mass is 333 g/mol. The molecule has 3 nitrogen and oxygen atoms in total. The normalized spacial score (nSPS) is 15.1. The van der Waals surface area contributed by atoms with E-state index in [1.807, 2.05) is 12.1 Å². The van der Waals surface area contributed by atoms with Crippen LogP contribution < -0.4 is 10.1 Å². The molecule has 2 aromatic carbocycles. The van der Waals surface area contributed by atoms with Crippen LogP contribution in [0.2, 0.25) is 5.02 Å². The van der Waals surface area contributed by atoms with Gasteiger partial charge in [0.25, 0.3) is 0 Å². The van der Waals surface area contributed by atoms with Gasteiger partial charge in [-0.1, -0.05) is 23.7 Å². The Hall–Kier alpha value is -2.07. The average Bonchev–Trinajstić information content (AvgIpc) is 3.33. The molecule has 2 aromatic rings. The summed E-state index contributed by atoms with van der Waals surface area (Å²) >= 11 is 5.90. The van der Waals surface area contributed by atoms with Crippen LogP contribution in [0.1, 0.15) is 25.3 Å². The van der Waals surface area contributed by atoms with E-state index in [9.17, 15) is 9.18 Å². The van der Waals surface area contributed by atoms with Crippen molar-refractivity contribution in [2.75, 3.05) is 11.9 Å². The minimum atomic E-state index is -0.528. The first-order valence-electron chi connectivity index (χ1n) is 7.55. The number of halogens is 2. The molecule has 1 N–H and O–H groups in total. The molecule has 0 bridgehead atoms. The first-order chi connectivity index (χ1) is 11.0. The summed E-state index contributed by atoms with van der Waals surface area (Å²) in [6.07, 6.45) is 1.56. The van der Waals surface area contributed by atoms with E-state index < -0.39 is 11.2 Å². The summed E-state index contributed by atoms with van der Waals surface area (Å²) in [4.78, 5) is 12.6. The molecule has 1 saturated carbocycles. The van der Waals surface area contributed by atoms with Gasteiger partial charge in [-0.25, -0.2) is 4.39 Å². The third kappa shape index (κ3) is 3.17. The molecule has 0 aromatic heterocycles. The van der Waals surface area contributed by atoms with Crippen molar-refractivity contribution < 1.29 is 13.9 Å². The van der Waals surface area contributed by atoms with Gasteiger partial charge in [-0.15, -0.1) is 0 Å². The van der Waals surface area contributed by atoms with E-state index in [2.05, 4.69) is 5.32 Å². The summed E-state index contributed by atoms with van der Waals surface area (Å²) in [6.45, 7) is 2.18. The van der Waals surface area contributed by atoms with E-state index in [0.717, 1.165) is 18.4 Å². The first-order valence-corrected chi connectivity index (χ1v) is 7.93. The van der Waals surface area contributed by atoms with E-state index in [4.69, 9.17) is 16.3 Å². The molecule has 1 fully saturated rings. The number of hydrogen-bond donors (Lipinski definition) is 1. The van der Waals surface area contributed by atoms with Crippen LogP contribution >= 0.6 is 11.6 Å². The number of ether oxygens (including phenoxy) is 1. The highest BCUT2D eigenvalue weighted by Crippen LogP contribution is 2.49. The minimum absolute atomic E-state index is 0.122. The highest BCUT2D eigenvalue weighted by Gasteiger charge is 2.51. The number of carbonyl (C=O) groups excluding carboxylic acids is 1. The van der Waals surface area contributed by atoms with Crippen LogP contribution in [0.4, 0.5) is 10.1 Å². The second kappa shape index (κ2) is 6.20. The van der Waals surface area contributed by atoms with Crippen molar-refractivity contribution in [2.24, 2.45) is 0 Å². The van der Waals surface area contributed by atoms with E-state index >= 15 is 0 Å². The lowest BCUT2D eigenvalue weighted by molar-refractivity contribution is -0.118. The van der Waals surface area contributed by atoms with Crippen LogP contribution in [-0.2, 0) is 10.2 Å². The van der Waals surface area contributed by atoms with Crippen LogP contribution in [0.15, 0.2) is 42.5 Å². The summed E-state index contributed by atoms with van der Waals surface area (Å²) in [7, 11) is 0. The zero-order valence-corrected chi connectivity index (χ0v) is 13.5. The average molecular weight is 334 g/mol. The minimum Gasteiger partial charge on any atom is -0.491 e. The smallest absolute Gasteiger partial charge is 0.235 e. The fourth-order valence-corrected chi connectivity index (χ4v) is 2.77. The molecule has 1 aliphatic carbocycles. The SMILES string of the molecule is CCOc1ccc(NC(=O)C2(c3ccc(Cl)cc3)CC2)cc1F. The summed E-state index contributed by atoms with van der Waals surface area (Å²) in [5, 5.41) is 3.44. The number of rotatable bonds is 5.